The van der Waals surface area contributed by atoms with Gasteiger partial charge in [0, 0.05) is 25.6 Å². The fourth-order valence-corrected chi connectivity index (χ4v) is 3.60. The number of hydrogen-bond acceptors (Lipinski definition) is 5. The first kappa shape index (κ1) is 22.2. The van der Waals surface area contributed by atoms with E-state index in [-0.39, 0.29) is 11.7 Å². The molecule has 1 fully saturated rings. The number of esters is 1. The lowest BCUT2D eigenvalue weighted by Gasteiger charge is -2.15. The molecule has 2 amide bonds. The van der Waals surface area contributed by atoms with Gasteiger partial charge in [0.25, 0.3) is 5.91 Å². The second kappa shape index (κ2) is 9.64. The van der Waals surface area contributed by atoms with E-state index in [4.69, 9.17) is 4.74 Å². The van der Waals surface area contributed by atoms with E-state index < -0.39 is 18.5 Å². The third-order valence-corrected chi connectivity index (χ3v) is 5.24. The SMILES string of the molecule is Cc1cc(NC(=O)COC(=O)c2ccc(CN3CCCC3=O)cc2)n(-c2ccc(F)cc2)n1. The highest BCUT2D eigenvalue weighted by molar-refractivity contribution is 5.95. The number of carbonyl (C=O) groups is 3. The molecular weight excluding hydrogens is 427 g/mol. The summed E-state index contributed by atoms with van der Waals surface area (Å²) in [6, 6.07) is 14.1. The molecule has 1 aromatic heterocycles. The topological polar surface area (TPSA) is 93.5 Å². The van der Waals surface area contributed by atoms with Gasteiger partial charge in [0.05, 0.1) is 16.9 Å². The average molecular weight is 450 g/mol. The molecule has 0 saturated carbocycles. The Morgan fingerprint density at radius 1 is 1.12 bits per heavy atom. The summed E-state index contributed by atoms with van der Waals surface area (Å²) in [5.74, 6) is -1.02. The molecule has 2 aromatic carbocycles. The molecule has 4 rings (SSSR count). The summed E-state index contributed by atoms with van der Waals surface area (Å²) in [6.45, 7) is 2.55. The lowest BCUT2D eigenvalue weighted by molar-refractivity contribution is -0.128. The van der Waals surface area contributed by atoms with Crippen molar-refractivity contribution in [3.05, 3.63) is 77.2 Å². The van der Waals surface area contributed by atoms with Crippen molar-refractivity contribution in [2.75, 3.05) is 18.5 Å². The second-order valence-corrected chi connectivity index (χ2v) is 7.80. The molecule has 8 nitrogen and oxygen atoms in total. The van der Waals surface area contributed by atoms with Gasteiger partial charge in [-0.25, -0.2) is 13.9 Å². The van der Waals surface area contributed by atoms with Crippen molar-refractivity contribution < 1.29 is 23.5 Å². The molecule has 170 valence electrons. The van der Waals surface area contributed by atoms with E-state index in [0.717, 1.165) is 18.5 Å². The molecule has 2 heterocycles. The summed E-state index contributed by atoms with van der Waals surface area (Å²) in [6.07, 6.45) is 1.45. The van der Waals surface area contributed by atoms with Crippen LogP contribution in [0.15, 0.2) is 54.6 Å². The standard InChI is InChI=1S/C24H23FN4O4/c1-16-13-21(29(27-16)20-10-8-19(25)9-11-20)26-22(30)15-33-24(32)18-6-4-17(5-7-18)14-28-12-2-3-23(28)31/h4-11,13H,2-3,12,14-15H2,1H3,(H,26,30). The van der Waals surface area contributed by atoms with Crippen LogP contribution in [0.3, 0.4) is 0 Å². The number of aromatic nitrogens is 2. The van der Waals surface area contributed by atoms with Gasteiger partial charge in [0.1, 0.15) is 11.6 Å². The maximum absolute atomic E-state index is 13.2. The molecule has 0 unspecified atom stereocenters. The zero-order valence-electron chi connectivity index (χ0n) is 18.1. The summed E-state index contributed by atoms with van der Waals surface area (Å²) in [7, 11) is 0. The number of halogens is 1. The van der Waals surface area contributed by atoms with Gasteiger partial charge in [-0.15, -0.1) is 0 Å². The average Bonchev–Trinajstić information content (AvgIpc) is 3.37. The van der Waals surface area contributed by atoms with E-state index in [1.54, 1.807) is 54.3 Å². The van der Waals surface area contributed by atoms with Gasteiger partial charge in [0.2, 0.25) is 5.91 Å². The summed E-state index contributed by atoms with van der Waals surface area (Å²) in [4.78, 5) is 38.2. The van der Waals surface area contributed by atoms with E-state index in [9.17, 15) is 18.8 Å². The minimum absolute atomic E-state index is 0.139. The number of nitrogens with one attached hydrogen (secondary N) is 1. The van der Waals surface area contributed by atoms with Crippen LogP contribution in [-0.4, -0.2) is 45.6 Å². The van der Waals surface area contributed by atoms with E-state index in [0.29, 0.717) is 35.7 Å². The molecule has 0 spiro atoms. The minimum atomic E-state index is -0.628. The molecular formula is C24H23FN4O4. The molecule has 0 aliphatic carbocycles. The van der Waals surface area contributed by atoms with Crippen LogP contribution in [0.25, 0.3) is 5.69 Å². The Kier molecular flexibility index (Phi) is 6.48. The second-order valence-electron chi connectivity index (χ2n) is 7.80. The van der Waals surface area contributed by atoms with Crippen molar-refractivity contribution in [2.24, 2.45) is 0 Å². The third-order valence-electron chi connectivity index (χ3n) is 5.24. The molecule has 33 heavy (non-hydrogen) atoms. The zero-order chi connectivity index (χ0) is 23.4. The number of likely N-dealkylation sites (tertiary alicyclic amines) is 1. The number of anilines is 1. The highest BCUT2D eigenvalue weighted by atomic mass is 19.1. The van der Waals surface area contributed by atoms with E-state index in [1.165, 1.54) is 16.8 Å². The number of aryl methyl sites for hydroxylation is 1. The third kappa shape index (κ3) is 5.43. The first-order valence-electron chi connectivity index (χ1n) is 10.6. The molecule has 9 heteroatoms. The summed E-state index contributed by atoms with van der Waals surface area (Å²) in [5, 5.41) is 6.96. The molecule has 0 bridgehead atoms. The van der Waals surface area contributed by atoms with Crippen LogP contribution in [-0.2, 0) is 20.9 Å². The smallest absolute Gasteiger partial charge is 0.338 e. The van der Waals surface area contributed by atoms with Gasteiger partial charge in [-0.05, 0) is 55.3 Å². The predicted octanol–water partition coefficient (Wildman–Crippen LogP) is 3.24. The van der Waals surface area contributed by atoms with E-state index in [1.807, 2.05) is 0 Å². The number of rotatable bonds is 7. The molecule has 1 saturated heterocycles. The highest BCUT2D eigenvalue weighted by Gasteiger charge is 2.20. The Hall–Kier alpha value is -4.01. The fourth-order valence-electron chi connectivity index (χ4n) is 3.60. The van der Waals surface area contributed by atoms with Crippen molar-refractivity contribution in [1.29, 1.82) is 0 Å². The number of amides is 2. The fraction of sp³-hybridized carbons (Fsp3) is 0.250. The molecule has 0 radical (unpaired) electrons. The van der Waals surface area contributed by atoms with Crippen LogP contribution in [0.2, 0.25) is 0 Å². The van der Waals surface area contributed by atoms with Crippen LogP contribution >= 0.6 is 0 Å². The maximum Gasteiger partial charge on any atom is 0.338 e. The highest BCUT2D eigenvalue weighted by Crippen LogP contribution is 2.18. The van der Waals surface area contributed by atoms with Crippen molar-refractivity contribution >= 4 is 23.6 Å². The van der Waals surface area contributed by atoms with Crippen molar-refractivity contribution in [2.45, 2.75) is 26.3 Å². The maximum atomic E-state index is 13.2. The van der Waals surface area contributed by atoms with Gasteiger partial charge in [0.15, 0.2) is 6.61 Å². The van der Waals surface area contributed by atoms with Crippen LogP contribution in [0.1, 0.15) is 34.5 Å². The number of ether oxygens (including phenoxy) is 1. The number of nitrogens with zero attached hydrogens (tertiary/aromatic N) is 3. The van der Waals surface area contributed by atoms with Gasteiger partial charge in [-0.2, -0.15) is 5.10 Å². The zero-order valence-corrected chi connectivity index (χ0v) is 18.1. The molecule has 1 aliphatic rings. The van der Waals surface area contributed by atoms with Crippen LogP contribution in [0.4, 0.5) is 10.2 Å². The van der Waals surface area contributed by atoms with Crippen LogP contribution in [0, 0.1) is 12.7 Å². The Morgan fingerprint density at radius 3 is 2.52 bits per heavy atom. The summed E-state index contributed by atoms with van der Waals surface area (Å²) < 4.78 is 19.8. The Balaban J connectivity index is 1.32. The quantitative estimate of drug-likeness (QED) is 0.558. The summed E-state index contributed by atoms with van der Waals surface area (Å²) in [5.41, 5.74) is 2.46. The molecule has 1 N–H and O–H groups in total. The van der Waals surface area contributed by atoms with Crippen molar-refractivity contribution in [3.63, 3.8) is 0 Å². The van der Waals surface area contributed by atoms with Gasteiger partial charge in [-0.1, -0.05) is 12.1 Å². The first-order valence-corrected chi connectivity index (χ1v) is 10.6. The number of carbonyl (C=O) groups excluding carboxylic acids is 3. The van der Waals surface area contributed by atoms with Crippen molar-refractivity contribution in [1.82, 2.24) is 14.7 Å². The Morgan fingerprint density at radius 2 is 1.85 bits per heavy atom. The van der Waals surface area contributed by atoms with Gasteiger partial charge in [-0.3, -0.25) is 9.59 Å². The first-order chi connectivity index (χ1) is 15.9. The Labute approximate surface area is 190 Å². The predicted molar refractivity (Wildman–Crippen MR) is 118 cm³/mol. The van der Waals surface area contributed by atoms with E-state index in [2.05, 4.69) is 10.4 Å². The largest absolute Gasteiger partial charge is 0.452 e. The lowest BCUT2D eigenvalue weighted by Crippen LogP contribution is -2.24. The van der Waals surface area contributed by atoms with Crippen LogP contribution < -0.4 is 5.32 Å². The Bertz CT molecular complexity index is 1170. The number of hydrogen-bond donors (Lipinski definition) is 1. The van der Waals surface area contributed by atoms with Gasteiger partial charge >= 0.3 is 5.97 Å². The minimum Gasteiger partial charge on any atom is -0.452 e. The van der Waals surface area contributed by atoms with E-state index >= 15 is 0 Å². The lowest BCUT2D eigenvalue weighted by atomic mass is 10.1. The van der Waals surface area contributed by atoms with Gasteiger partial charge < -0.3 is 15.0 Å². The summed E-state index contributed by atoms with van der Waals surface area (Å²) >= 11 is 0. The molecule has 3 aromatic rings. The molecule has 1 aliphatic heterocycles. The van der Waals surface area contributed by atoms with Crippen molar-refractivity contribution in [3.8, 4) is 5.69 Å². The number of benzene rings is 2. The van der Waals surface area contributed by atoms with Crippen LogP contribution in [0.5, 0.6) is 0 Å². The monoisotopic (exact) mass is 450 g/mol. The molecule has 0 atom stereocenters. The normalized spacial score (nSPS) is 13.3.